The highest BCUT2D eigenvalue weighted by Gasteiger charge is 2.14. The van der Waals surface area contributed by atoms with Gasteiger partial charge < -0.3 is 14.8 Å². The van der Waals surface area contributed by atoms with Gasteiger partial charge in [-0.1, -0.05) is 35.9 Å². The molecule has 3 aromatic rings. The van der Waals surface area contributed by atoms with E-state index in [2.05, 4.69) is 10.3 Å². The molecule has 2 amide bonds. The van der Waals surface area contributed by atoms with Gasteiger partial charge in [-0.05, 0) is 24.3 Å². The molecule has 0 spiro atoms. The van der Waals surface area contributed by atoms with Crippen molar-refractivity contribution in [2.75, 3.05) is 18.9 Å². The number of hydrogen-bond acceptors (Lipinski definition) is 3. The first-order valence-electron chi connectivity index (χ1n) is 8.23. The molecule has 6 nitrogen and oxygen atoms in total. The summed E-state index contributed by atoms with van der Waals surface area (Å²) in [6, 6.07) is 14.7. The van der Waals surface area contributed by atoms with Crippen LogP contribution in [0.4, 0.5) is 5.69 Å². The maximum absolute atomic E-state index is 12.3. The molecule has 1 aromatic heterocycles. The van der Waals surface area contributed by atoms with Gasteiger partial charge >= 0.3 is 0 Å². The highest BCUT2D eigenvalue weighted by atomic mass is 35.5. The molecule has 0 fully saturated rings. The van der Waals surface area contributed by atoms with Crippen LogP contribution < -0.4 is 5.32 Å². The highest BCUT2D eigenvalue weighted by Crippen LogP contribution is 2.20. The lowest BCUT2D eigenvalue weighted by Gasteiger charge is -2.17. The third kappa shape index (κ3) is 4.21. The number of halogens is 1. The first-order valence-corrected chi connectivity index (χ1v) is 8.60. The molecule has 7 heteroatoms. The van der Waals surface area contributed by atoms with Gasteiger partial charge in [-0.2, -0.15) is 0 Å². The van der Waals surface area contributed by atoms with E-state index in [4.69, 9.17) is 11.6 Å². The molecule has 0 aliphatic carbocycles. The summed E-state index contributed by atoms with van der Waals surface area (Å²) in [4.78, 5) is 30.1. The second kappa shape index (κ2) is 8.01. The number of imidazole rings is 1. The molecule has 0 atom stereocenters. The van der Waals surface area contributed by atoms with Crippen molar-refractivity contribution in [2.24, 2.45) is 0 Å². The summed E-state index contributed by atoms with van der Waals surface area (Å²) in [6.07, 6.45) is 2.01. The van der Waals surface area contributed by atoms with E-state index in [9.17, 15) is 9.59 Å². The van der Waals surface area contributed by atoms with E-state index in [1.165, 1.54) is 4.90 Å². The van der Waals surface area contributed by atoms with Gasteiger partial charge in [-0.25, -0.2) is 4.98 Å². The molecule has 26 heavy (non-hydrogen) atoms. The minimum Gasteiger partial charge on any atom is -0.336 e. The summed E-state index contributed by atoms with van der Waals surface area (Å²) in [6.45, 7) is 0.477. The van der Waals surface area contributed by atoms with Crippen LogP contribution >= 0.6 is 11.6 Å². The largest absolute Gasteiger partial charge is 0.336 e. The number of fused-ring (bicyclic) bond motifs is 1. The van der Waals surface area contributed by atoms with Crippen LogP contribution in [0, 0.1) is 0 Å². The number of amides is 2. The summed E-state index contributed by atoms with van der Waals surface area (Å²) in [5.74, 6) is -0.404. The second-order valence-corrected chi connectivity index (χ2v) is 6.36. The lowest BCUT2D eigenvalue weighted by atomic mass is 10.3. The molecule has 0 unspecified atom stereocenters. The Kier molecular flexibility index (Phi) is 5.53. The summed E-state index contributed by atoms with van der Waals surface area (Å²) >= 11 is 6.02. The average Bonchev–Trinajstić information content (AvgIpc) is 3.04. The molecule has 2 aromatic carbocycles. The second-order valence-electron chi connectivity index (χ2n) is 5.95. The highest BCUT2D eigenvalue weighted by molar-refractivity contribution is 6.33. The number of benzene rings is 2. The number of anilines is 1. The van der Waals surface area contributed by atoms with Gasteiger partial charge in [-0.3, -0.25) is 9.59 Å². The first kappa shape index (κ1) is 17.9. The number of carbonyl (C=O) groups excluding carboxylic acids is 2. The number of aromatic nitrogens is 2. The van der Waals surface area contributed by atoms with Crippen molar-refractivity contribution >= 4 is 40.1 Å². The number of nitrogens with one attached hydrogen (secondary N) is 1. The fourth-order valence-corrected chi connectivity index (χ4v) is 2.83. The van der Waals surface area contributed by atoms with Crippen molar-refractivity contribution in [1.82, 2.24) is 14.5 Å². The Labute approximate surface area is 156 Å². The number of nitrogens with zero attached hydrogens (tertiary/aromatic N) is 3. The Bertz CT molecular complexity index is 938. The Morgan fingerprint density at radius 1 is 1.15 bits per heavy atom. The summed E-state index contributed by atoms with van der Waals surface area (Å²) in [5.41, 5.74) is 2.41. The van der Waals surface area contributed by atoms with E-state index in [0.717, 1.165) is 11.0 Å². The smallest absolute Gasteiger partial charge is 0.244 e. The SMILES string of the molecule is CN(CC(=O)Nc1ccccc1Cl)C(=O)CCn1cnc2ccccc21. The molecule has 0 aliphatic heterocycles. The van der Waals surface area contributed by atoms with Crippen molar-refractivity contribution in [2.45, 2.75) is 13.0 Å². The van der Waals surface area contributed by atoms with Gasteiger partial charge in [0.15, 0.2) is 0 Å². The zero-order valence-corrected chi connectivity index (χ0v) is 15.1. The number of aryl methyl sites for hydroxylation is 1. The van der Waals surface area contributed by atoms with Gasteiger partial charge in [-0.15, -0.1) is 0 Å². The van der Waals surface area contributed by atoms with Gasteiger partial charge in [0, 0.05) is 20.0 Å². The standard InChI is InChI=1S/C19H19ClN4O2/c1-23(12-18(25)22-15-7-3-2-6-14(15)20)19(26)10-11-24-13-21-16-8-4-5-9-17(16)24/h2-9,13H,10-12H2,1H3,(H,22,25). The van der Waals surface area contributed by atoms with Crippen LogP contribution in [-0.4, -0.2) is 39.9 Å². The predicted molar refractivity (Wildman–Crippen MR) is 102 cm³/mol. The lowest BCUT2D eigenvalue weighted by molar-refractivity contribution is -0.133. The number of carbonyl (C=O) groups is 2. The monoisotopic (exact) mass is 370 g/mol. The van der Waals surface area contributed by atoms with Crippen LogP contribution in [0.25, 0.3) is 11.0 Å². The van der Waals surface area contributed by atoms with Crippen molar-refractivity contribution in [1.29, 1.82) is 0 Å². The van der Waals surface area contributed by atoms with Crippen LogP contribution in [0.3, 0.4) is 0 Å². The Morgan fingerprint density at radius 2 is 1.88 bits per heavy atom. The van der Waals surface area contributed by atoms with Crippen LogP contribution in [0.15, 0.2) is 54.9 Å². The molecule has 1 heterocycles. The maximum Gasteiger partial charge on any atom is 0.244 e. The first-order chi connectivity index (χ1) is 12.5. The topological polar surface area (TPSA) is 67.2 Å². The van der Waals surface area contributed by atoms with Crippen molar-refractivity contribution in [3.63, 3.8) is 0 Å². The van der Waals surface area contributed by atoms with E-state index < -0.39 is 0 Å². The molecule has 1 N–H and O–H groups in total. The van der Waals surface area contributed by atoms with Crippen molar-refractivity contribution in [3.8, 4) is 0 Å². The number of likely N-dealkylation sites (N-methyl/N-ethyl adjacent to an activating group) is 1. The molecule has 0 bridgehead atoms. The maximum atomic E-state index is 12.3. The molecule has 0 saturated carbocycles. The molecular weight excluding hydrogens is 352 g/mol. The van der Waals surface area contributed by atoms with Crippen molar-refractivity contribution < 1.29 is 9.59 Å². The van der Waals surface area contributed by atoms with Crippen LogP contribution in [0.5, 0.6) is 0 Å². The Balaban J connectivity index is 1.53. The minimum absolute atomic E-state index is 0.0330. The molecular formula is C19H19ClN4O2. The number of rotatable bonds is 6. The van der Waals surface area contributed by atoms with Crippen LogP contribution in [-0.2, 0) is 16.1 Å². The summed E-state index contributed by atoms with van der Waals surface area (Å²) in [7, 11) is 1.61. The van der Waals surface area contributed by atoms with Gasteiger partial charge in [0.05, 0.1) is 34.6 Å². The summed E-state index contributed by atoms with van der Waals surface area (Å²) in [5, 5.41) is 3.17. The zero-order chi connectivity index (χ0) is 18.5. The Hall–Kier alpha value is -2.86. The number of hydrogen-bond donors (Lipinski definition) is 1. The van der Waals surface area contributed by atoms with E-state index in [1.807, 2.05) is 28.8 Å². The van der Waals surface area contributed by atoms with Crippen LogP contribution in [0.2, 0.25) is 5.02 Å². The third-order valence-electron chi connectivity index (χ3n) is 4.05. The fraction of sp³-hybridized carbons (Fsp3) is 0.211. The minimum atomic E-state index is -0.290. The zero-order valence-electron chi connectivity index (χ0n) is 14.4. The molecule has 3 rings (SSSR count). The molecule has 0 radical (unpaired) electrons. The van der Waals surface area contributed by atoms with E-state index >= 15 is 0 Å². The van der Waals surface area contributed by atoms with Gasteiger partial charge in [0.1, 0.15) is 0 Å². The van der Waals surface area contributed by atoms with Gasteiger partial charge in [0.25, 0.3) is 0 Å². The average molecular weight is 371 g/mol. The molecule has 0 saturated heterocycles. The van der Waals surface area contributed by atoms with E-state index in [-0.39, 0.29) is 24.8 Å². The third-order valence-corrected chi connectivity index (χ3v) is 4.38. The Morgan fingerprint density at radius 3 is 2.69 bits per heavy atom. The lowest BCUT2D eigenvalue weighted by Crippen LogP contribution is -2.35. The van der Waals surface area contributed by atoms with E-state index in [1.54, 1.807) is 37.6 Å². The quantitative estimate of drug-likeness (QED) is 0.724. The number of para-hydroxylation sites is 3. The normalized spacial score (nSPS) is 10.7. The van der Waals surface area contributed by atoms with Crippen LogP contribution in [0.1, 0.15) is 6.42 Å². The predicted octanol–water partition coefficient (Wildman–Crippen LogP) is 3.18. The molecule has 0 aliphatic rings. The van der Waals surface area contributed by atoms with E-state index in [0.29, 0.717) is 17.3 Å². The van der Waals surface area contributed by atoms with Gasteiger partial charge in [0.2, 0.25) is 11.8 Å². The molecule has 134 valence electrons. The fourth-order valence-electron chi connectivity index (χ4n) is 2.65. The summed E-state index contributed by atoms with van der Waals surface area (Å²) < 4.78 is 1.94. The van der Waals surface area contributed by atoms with Crippen molar-refractivity contribution in [3.05, 3.63) is 59.9 Å².